The summed E-state index contributed by atoms with van der Waals surface area (Å²) in [4.78, 5) is 4.37. The monoisotopic (exact) mass is 411 g/mol. The molecule has 2 aromatic carbocycles. The second-order valence-corrected chi connectivity index (χ2v) is 7.91. The molecule has 0 saturated carbocycles. The predicted octanol–water partition coefficient (Wildman–Crippen LogP) is 3.78. The number of nitrogens with zero attached hydrogens (tertiary/aromatic N) is 4. The number of hydrogen-bond acceptors (Lipinski definition) is 5. The highest BCUT2D eigenvalue weighted by Crippen LogP contribution is 2.25. The Morgan fingerprint density at radius 1 is 0.857 bits per heavy atom. The molecule has 0 saturated heterocycles. The Balaban J connectivity index is 1.82. The van der Waals surface area contributed by atoms with Crippen molar-refractivity contribution in [3.63, 3.8) is 0 Å². The Morgan fingerprint density at radius 3 is 2.25 bits per heavy atom. The minimum absolute atomic E-state index is 0.0572. The summed E-state index contributed by atoms with van der Waals surface area (Å²) in [6.07, 6.45) is 1.64. The third-order valence-corrected chi connectivity index (χ3v) is 5.52. The van der Waals surface area contributed by atoms with Crippen LogP contribution in [0.25, 0.3) is 17.2 Å². The molecule has 2 aromatic heterocycles. The molecule has 0 radical (unpaired) electrons. The molecule has 0 unspecified atom stereocenters. The van der Waals surface area contributed by atoms with E-state index in [0.29, 0.717) is 22.2 Å². The summed E-state index contributed by atoms with van der Waals surface area (Å²) in [5, 5.41) is 8.66. The summed E-state index contributed by atoms with van der Waals surface area (Å²) in [6.45, 7) is 0. The Kier molecular flexibility index (Phi) is 4.81. The van der Waals surface area contributed by atoms with Crippen LogP contribution in [0.5, 0.6) is 0 Å². The molecular formula is C19H14ClN5O2S. The lowest BCUT2D eigenvalue weighted by Gasteiger charge is -2.12. The maximum Gasteiger partial charge on any atom is 0.264 e. The van der Waals surface area contributed by atoms with Gasteiger partial charge >= 0.3 is 0 Å². The highest BCUT2D eigenvalue weighted by molar-refractivity contribution is 7.92. The first-order valence-electron chi connectivity index (χ1n) is 8.25. The van der Waals surface area contributed by atoms with Crippen LogP contribution in [0, 0.1) is 0 Å². The average Bonchev–Trinajstić information content (AvgIpc) is 3.12. The second-order valence-electron chi connectivity index (χ2n) is 5.79. The molecule has 4 rings (SSSR count). The average molecular weight is 412 g/mol. The number of nitrogens with one attached hydrogen (secondary N) is 1. The van der Waals surface area contributed by atoms with Crippen molar-refractivity contribution < 1.29 is 8.42 Å². The minimum atomic E-state index is -3.88. The number of anilines is 1. The molecule has 140 valence electrons. The first kappa shape index (κ1) is 18.1. The molecule has 0 aliphatic heterocycles. The number of aromatic nitrogens is 4. The van der Waals surface area contributed by atoms with E-state index < -0.39 is 10.0 Å². The van der Waals surface area contributed by atoms with Gasteiger partial charge in [0.05, 0.1) is 10.6 Å². The van der Waals surface area contributed by atoms with Crippen LogP contribution < -0.4 is 4.72 Å². The summed E-state index contributed by atoms with van der Waals surface area (Å²) >= 11 is 5.85. The molecule has 0 amide bonds. The van der Waals surface area contributed by atoms with Crippen molar-refractivity contribution in [1.29, 1.82) is 0 Å². The zero-order valence-electron chi connectivity index (χ0n) is 14.4. The fourth-order valence-electron chi connectivity index (χ4n) is 2.63. The molecule has 1 N–H and O–H groups in total. The van der Waals surface area contributed by atoms with E-state index in [-0.39, 0.29) is 10.8 Å². The van der Waals surface area contributed by atoms with E-state index in [1.165, 1.54) is 24.3 Å². The first-order valence-corrected chi connectivity index (χ1v) is 10.1. The molecule has 0 spiro atoms. The van der Waals surface area contributed by atoms with Gasteiger partial charge < -0.3 is 0 Å². The van der Waals surface area contributed by atoms with Crippen LogP contribution in [0.1, 0.15) is 0 Å². The summed E-state index contributed by atoms with van der Waals surface area (Å²) in [6, 6.07) is 20.5. The number of para-hydroxylation sites is 1. The van der Waals surface area contributed by atoms with Crippen molar-refractivity contribution >= 4 is 27.6 Å². The molecule has 0 aliphatic rings. The Labute approximate surface area is 166 Å². The lowest BCUT2D eigenvalue weighted by molar-refractivity contribution is 0.600. The van der Waals surface area contributed by atoms with E-state index in [9.17, 15) is 8.42 Å². The van der Waals surface area contributed by atoms with Crippen molar-refractivity contribution in [3.05, 3.63) is 84.0 Å². The smallest absolute Gasteiger partial charge is 0.259 e. The minimum Gasteiger partial charge on any atom is -0.259 e. The van der Waals surface area contributed by atoms with Gasteiger partial charge in [0.1, 0.15) is 5.69 Å². The van der Waals surface area contributed by atoms with E-state index >= 15 is 0 Å². The van der Waals surface area contributed by atoms with E-state index in [1.54, 1.807) is 22.9 Å². The first-order chi connectivity index (χ1) is 13.5. The molecule has 0 fully saturated rings. The van der Waals surface area contributed by atoms with Gasteiger partial charge in [-0.3, -0.25) is 9.55 Å². The topological polar surface area (TPSA) is 89.8 Å². The SMILES string of the molecule is O=S(=O)(Nc1nnc(-c2ccccn2)n1-c1ccccc1)c1ccc(Cl)cc1. The molecule has 2 heterocycles. The van der Waals surface area contributed by atoms with Crippen molar-refractivity contribution in [3.8, 4) is 17.2 Å². The standard InChI is InChI=1S/C19H14ClN5O2S/c20-14-9-11-16(12-10-14)28(26,27)24-19-23-22-18(17-8-4-5-13-21-17)25(19)15-6-2-1-3-7-15/h1-13H,(H,23,24). The van der Waals surface area contributed by atoms with Gasteiger partial charge in [-0.2, -0.15) is 0 Å². The zero-order chi connectivity index (χ0) is 19.6. The molecule has 9 heteroatoms. The summed E-state index contributed by atoms with van der Waals surface area (Å²) in [5.74, 6) is 0.474. The van der Waals surface area contributed by atoms with Gasteiger partial charge in [-0.25, -0.2) is 13.1 Å². The van der Waals surface area contributed by atoms with Gasteiger partial charge in [0.25, 0.3) is 10.0 Å². The van der Waals surface area contributed by atoms with E-state index in [1.807, 2.05) is 36.4 Å². The number of pyridine rings is 1. The lowest BCUT2D eigenvalue weighted by Crippen LogP contribution is -2.16. The van der Waals surface area contributed by atoms with E-state index in [0.717, 1.165) is 0 Å². The lowest BCUT2D eigenvalue weighted by atomic mass is 10.3. The Hall–Kier alpha value is -3.23. The largest absolute Gasteiger partial charge is 0.264 e. The van der Waals surface area contributed by atoms with Crippen LogP contribution in [0.2, 0.25) is 5.02 Å². The molecule has 0 atom stereocenters. The Morgan fingerprint density at radius 2 is 1.57 bits per heavy atom. The molecule has 0 bridgehead atoms. The third-order valence-electron chi connectivity index (χ3n) is 3.92. The third kappa shape index (κ3) is 3.60. The van der Waals surface area contributed by atoms with Crippen molar-refractivity contribution in [2.75, 3.05) is 4.72 Å². The van der Waals surface area contributed by atoms with Crippen LogP contribution in [-0.4, -0.2) is 28.2 Å². The predicted molar refractivity (Wildman–Crippen MR) is 107 cm³/mol. The number of hydrogen-bond donors (Lipinski definition) is 1. The van der Waals surface area contributed by atoms with Gasteiger partial charge in [-0.05, 0) is 48.5 Å². The molecular weight excluding hydrogens is 398 g/mol. The Bertz CT molecular complexity index is 1190. The number of rotatable bonds is 5. The number of sulfonamides is 1. The molecule has 0 aliphatic carbocycles. The van der Waals surface area contributed by atoms with Gasteiger partial charge in [-0.1, -0.05) is 35.9 Å². The van der Waals surface area contributed by atoms with Crippen molar-refractivity contribution in [1.82, 2.24) is 19.7 Å². The van der Waals surface area contributed by atoms with Crippen molar-refractivity contribution in [2.24, 2.45) is 0 Å². The maximum absolute atomic E-state index is 12.8. The molecule has 7 nitrogen and oxygen atoms in total. The maximum atomic E-state index is 12.8. The summed E-state index contributed by atoms with van der Waals surface area (Å²) in [5.41, 5.74) is 1.26. The fourth-order valence-corrected chi connectivity index (χ4v) is 3.74. The van der Waals surface area contributed by atoms with E-state index in [4.69, 9.17) is 11.6 Å². The molecule has 4 aromatic rings. The normalized spacial score (nSPS) is 11.3. The number of halogens is 1. The quantitative estimate of drug-likeness (QED) is 0.539. The van der Waals surface area contributed by atoms with Crippen LogP contribution in [0.4, 0.5) is 5.95 Å². The summed E-state index contributed by atoms with van der Waals surface area (Å²) < 4.78 is 29.7. The number of benzene rings is 2. The zero-order valence-corrected chi connectivity index (χ0v) is 16.0. The van der Waals surface area contributed by atoms with Crippen LogP contribution in [0.3, 0.4) is 0 Å². The fraction of sp³-hybridized carbons (Fsp3) is 0. The van der Waals surface area contributed by atoms with Gasteiger partial charge in [0, 0.05) is 11.2 Å². The highest BCUT2D eigenvalue weighted by Gasteiger charge is 2.22. The van der Waals surface area contributed by atoms with E-state index in [2.05, 4.69) is 19.9 Å². The van der Waals surface area contributed by atoms with Crippen LogP contribution >= 0.6 is 11.6 Å². The van der Waals surface area contributed by atoms with Gasteiger partial charge in [-0.15, -0.1) is 10.2 Å². The van der Waals surface area contributed by atoms with Gasteiger partial charge in [0.15, 0.2) is 5.82 Å². The van der Waals surface area contributed by atoms with Crippen LogP contribution in [0.15, 0.2) is 83.9 Å². The molecule has 28 heavy (non-hydrogen) atoms. The van der Waals surface area contributed by atoms with Gasteiger partial charge in [0.2, 0.25) is 5.95 Å². The summed E-state index contributed by atoms with van der Waals surface area (Å²) in [7, 11) is -3.88. The second kappa shape index (κ2) is 7.41. The van der Waals surface area contributed by atoms with Crippen LogP contribution in [-0.2, 0) is 10.0 Å². The highest BCUT2D eigenvalue weighted by atomic mass is 35.5. The van der Waals surface area contributed by atoms with Crippen molar-refractivity contribution in [2.45, 2.75) is 4.90 Å².